The number of hydrogen-bond donors (Lipinski definition) is 0. The number of thiophene rings is 1. The molecule has 1 aliphatic rings. The van der Waals surface area contributed by atoms with Gasteiger partial charge in [-0.15, -0.1) is 11.3 Å². The van der Waals surface area contributed by atoms with Crippen LogP contribution in [0.25, 0.3) is 21.0 Å². The fourth-order valence-corrected chi connectivity index (χ4v) is 5.98. The molecule has 0 saturated carbocycles. The molecule has 8 nitrogen and oxygen atoms in total. The van der Waals surface area contributed by atoms with E-state index < -0.39 is 5.97 Å². The van der Waals surface area contributed by atoms with Crippen LogP contribution in [0.4, 0.5) is 5.69 Å². The van der Waals surface area contributed by atoms with E-state index in [4.69, 9.17) is 13.9 Å². The third kappa shape index (κ3) is 5.76. The fraction of sp³-hybridized carbons (Fsp3) is 0.290. The molecule has 0 atom stereocenters. The first-order valence-corrected chi connectivity index (χ1v) is 14.4. The number of benzene rings is 2. The number of furan rings is 1. The number of aromatic nitrogens is 1. The Balaban J connectivity index is 0.979. The molecule has 0 unspecified atom stereocenters. The number of esters is 1. The van der Waals surface area contributed by atoms with Crippen molar-refractivity contribution in [2.45, 2.75) is 19.6 Å². The number of carbonyl (C=O) groups excluding carboxylic acids is 1. The molecule has 4 heterocycles. The lowest BCUT2D eigenvalue weighted by atomic mass is 10.2. The average molecular weight is 558 g/mol. The Morgan fingerprint density at radius 2 is 1.82 bits per heavy atom. The van der Waals surface area contributed by atoms with Crippen molar-refractivity contribution in [3.63, 3.8) is 0 Å². The summed E-state index contributed by atoms with van der Waals surface area (Å²) in [5.41, 5.74) is 1.74. The van der Waals surface area contributed by atoms with Gasteiger partial charge < -0.3 is 18.8 Å². The van der Waals surface area contributed by atoms with Crippen LogP contribution in [0.5, 0.6) is 5.75 Å². The van der Waals surface area contributed by atoms with Gasteiger partial charge in [0.15, 0.2) is 6.73 Å². The maximum atomic E-state index is 12.5. The van der Waals surface area contributed by atoms with Crippen molar-refractivity contribution < 1.29 is 18.7 Å². The normalized spacial score (nSPS) is 14.2. The number of pyridine rings is 1. The van der Waals surface area contributed by atoms with Gasteiger partial charge in [-0.25, -0.2) is 4.79 Å². The lowest BCUT2D eigenvalue weighted by Gasteiger charge is -2.36. The van der Waals surface area contributed by atoms with Gasteiger partial charge in [0.1, 0.15) is 5.75 Å². The standard InChI is InChI=1S/C31H31N3O5S/c35-30-11-9-23-8-10-24(21-27(23)34(30)22-39-31(36)28-6-4-19-38-28)37-18-2-1-13-32-14-16-33(17-15-32)26-5-3-7-29-25(26)12-20-40-29/h3-12,19-21H,1-2,13-18,22H2. The van der Waals surface area contributed by atoms with Crippen molar-refractivity contribution in [2.24, 2.45) is 0 Å². The number of fused-ring (bicyclic) bond motifs is 2. The molecule has 0 amide bonds. The molecule has 0 aliphatic carbocycles. The van der Waals surface area contributed by atoms with Crippen molar-refractivity contribution >= 4 is 44.0 Å². The van der Waals surface area contributed by atoms with E-state index in [9.17, 15) is 9.59 Å². The van der Waals surface area contributed by atoms with E-state index in [1.54, 1.807) is 23.5 Å². The molecule has 0 N–H and O–H groups in total. The Labute approximate surface area is 235 Å². The molecule has 2 aromatic carbocycles. The van der Waals surface area contributed by atoms with Crippen LogP contribution in [0.1, 0.15) is 23.4 Å². The number of nitrogens with zero attached hydrogens (tertiary/aromatic N) is 3. The molecule has 1 saturated heterocycles. The Morgan fingerprint density at radius 1 is 0.950 bits per heavy atom. The topological polar surface area (TPSA) is 77.2 Å². The van der Waals surface area contributed by atoms with Gasteiger partial charge in [-0.3, -0.25) is 14.3 Å². The van der Waals surface area contributed by atoms with Crippen LogP contribution in [0.3, 0.4) is 0 Å². The Morgan fingerprint density at radius 3 is 2.67 bits per heavy atom. The molecule has 0 bridgehead atoms. The van der Waals surface area contributed by atoms with Crippen LogP contribution in [0.2, 0.25) is 0 Å². The summed E-state index contributed by atoms with van der Waals surface area (Å²) in [6.45, 7) is 5.65. The lowest BCUT2D eigenvalue weighted by Crippen LogP contribution is -2.46. The van der Waals surface area contributed by atoms with E-state index in [1.807, 2.05) is 18.2 Å². The largest absolute Gasteiger partial charge is 0.494 e. The van der Waals surface area contributed by atoms with Gasteiger partial charge in [-0.2, -0.15) is 0 Å². The summed E-state index contributed by atoms with van der Waals surface area (Å²) in [5.74, 6) is 0.151. The molecule has 40 heavy (non-hydrogen) atoms. The zero-order valence-corrected chi connectivity index (χ0v) is 23.0. The van der Waals surface area contributed by atoms with Crippen LogP contribution >= 0.6 is 11.3 Å². The van der Waals surface area contributed by atoms with Crippen molar-refractivity contribution in [1.29, 1.82) is 0 Å². The Hall–Kier alpha value is -4.08. The number of unbranched alkanes of at least 4 members (excludes halogenated alkanes) is 1. The highest BCUT2D eigenvalue weighted by Gasteiger charge is 2.18. The third-order valence-electron chi connectivity index (χ3n) is 7.33. The molecule has 0 spiro atoms. The zero-order chi connectivity index (χ0) is 27.3. The minimum Gasteiger partial charge on any atom is -0.494 e. The lowest BCUT2D eigenvalue weighted by molar-refractivity contribution is 0.0337. The molecule has 9 heteroatoms. The van der Waals surface area contributed by atoms with Crippen LogP contribution in [0, 0.1) is 0 Å². The summed E-state index contributed by atoms with van der Waals surface area (Å²) in [7, 11) is 0. The van der Waals surface area contributed by atoms with Crippen LogP contribution in [-0.4, -0.2) is 54.8 Å². The third-order valence-corrected chi connectivity index (χ3v) is 8.22. The van der Waals surface area contributed by atoms with E-state index in [2.05, 4.69) is 39.4 Å². The molecule has 1 fully saturated rings. The first-order valence-electron chi connectivity index (χ1n) is 13.6. The monoisotopic (exact) mass is 557 g/mol. The number of hydrogen-bond acceptors (Lipinski definition) is 8. The minimum absolute atomic E-state index is 0.0927. The molecule has 1 aliphatic heterocycles. The van der Waals surface area contributed by atoms with Crippen molar-refractivity contribution in [1.82, 2.24) is 9.47 Å². The number of carbonyl (C=O) groups is 1. The molecule has 6 rings (SSSR count). The molecule has 5 aromatic rings. The second-order valence-corrected chi connectivity index (χ2v) is 10.8. The summed E-state index contributed by atoms with van der Waals surface area (Å²) in [4.78, 5) is 29.7. The second kappa shape index (κ2) is 12.0. The maximum Gasteiger partial charge on any atom is 0.375 e. The summed E-state index contributed by atoms with van der Waals surface area (Å²) >= 11 is 1.80. The van der Waals surface area contributed by atoms with E-state index >= 15 is 0 Å². The first-order chi connectivity index (χ1) is 19.7. The predicted molar refractivity (Wildman–Crippen MR) is 158 cm³/mol. The minimum atomic E-state index is -0.623. The summed E-state index contributed by atoms with van der Waals surface area (Å²) < 4.78 is 19.2. The molecular weight excluding hydrogens is 526 g/mol. The van der Waals surface area contributed by atoms with E-state index in [-0.39, 0.29) is 18.1 Å². The van der Waals surface area contributed by atoms with Crippen molar-refractivity contribution in [3.05, 3.63) is 94.5 Å². The van der Waals surface area contributed by atoms with Gasteiger partial charge in [-0.1, -0.05) is 6.07 Å². The molecule has 0 radical (unpaired) electrons. The van der Waals surface area contributed by atoms with Gasteiger partial charge in [0, 0.05) is 54.1 Å². The zero-order valence-electron chi connectivity index (χ0n) is 22.2. The highest BCUT2D eigenvalue weighted by Crippen LogP contribution is 2.31. The van der Waals surface area contributed by atoms with Crippen LogP contribution in [-0.2, 0) is 11.5 Å². The van der Waals surface area contributed by atoms with Crippen molar-refractivity contribution in [2.75, 3.05) is 44.2 Å². The SMILES string of the molecule is O=C(OCn1c(=O)ccc2ccc(OCCCCN3CCN(c4cccc5sccc45)CC3)cc21)c1ccco1. The average Bonchev–Trinajstić information content (AvgIpc) is 3.70. The van der Waals surface area contributed by atoms with Gasteiger partial charge in [-0.05, 0) is 78.7 Å². The summed E-state index contributed by atoms with van der Waals surface area (Å²) in [6, 6.07) is 20.8. The molecular formula is C31H31N3O5S. The van der Waals surface area contributed by atoms with Crippen molar-refractivity contribution in [3.8, 4) is 5.75 Å². The second-order valence-electron chi connectivity index (χ2n) is 9.85. The van der Waals surface area contributed by atoms with E-state index in [0.717, 1.165) is 51.0 Å². The van der Waals surface area contributed by atoms with Gasteiger partial charge in [0.2, 0.25) is 5.76 Å². The van der Waals surface area contributed by atoms with Gasteiger partial charge >= 0.3 is 5.97 Å². The smallest absolute Gasteiger partial charge is 0.375 e. The number of anilines is 1. The summed E-state index contributed by atoms with van der Waals surface area (Å²) in [6.07, 6.45) is 3.40. The van der Waals surface area contributed by atoms with Crippen LogP contribution < -0.4 is 15.2 Å². The van der Waals surface area contributed by atoms with Gasteiger partial charge in [0.05, 0.1) is 18.4 Å². The highest BCUT2D eigenvalue weighted by atomic mass is 32.1. The fourth-order valence-electron chi connectivity index (χ4n) is 5.17. The van der Waals surface area contributed by atoms with E-state index in [1.165, 1.54) is 38.7 Å². The molecule has 206 valence electrons. The first kappa shape index (κ1) is 26.2. The number of piperazine rings is 1. The summed E-state index contributed by atoms with van der Waals surface area (Å²) in [5, 5.41) is 4.39. The molecule has 3 aromatic heterocycles. The predicted octanol–water partition coefficient (Wildman–Crippen LogP) is 5.60. The highest BCUT2D eigenvalue weighted by molar-refractivity contribution is 7.17. The Bertz CT molecular complexity index is 1650. The number of ether oxygens (including phenoxy) is 2. The Kier molecular flexibility index (Phi) is 7.83. The van der Waals surface area contributed by atoms with Gasteiger partial charge in [0.25, 0.3) is 5.56 Å². The van der Waals surface area contributed by atoms with Crippen LogP contribution in [0.15, 0.2) is 87.6 Å². The maximum absolute atomic E-state index is 12.5. The van der Waals surface area contributed by atoms with E-state index in [0.29, 0.717) is 17.9 Å². The quantitative estimate of drug-likeness (QED) is 0.163. The number of rotatable bonds is 10.